The van der Waals surface area contributed by atoms with Gasteiger partial charge in [0.15, 0.2) is 0 Å². The van der Waals surface area contributed by atoms with Gasteiger partial charge in [-0.2, -0.15) is 0 Å². The lowest BCUT2D eigenvalue weighted by atomic mass is 10.0. The van der Waals surface area contributed by atoms with Gasteiger partial charge < -0.3 is 15.4 Å². The monoisotopic (exact) mass is 362 g/mol. The van der Waals surface area contributed by atoms with Crippen LogP contribution in [0.25, 0.3) is 0 Å². The summed E-state index contributed by atoms with van der Waals surface area (Å²) in [5.41, 5.74) is 0.905. The van der Waals surface area contributed by atoms with Crippen LogP contribution < -0.4 is 10.6 Å². The lowest BCUT2D eigenvalue weighted by Gasteiger charge is -2.22. The van der Waals surface area contributed by atoms with Gasteiger partial charge in [-0.05, 0) is 57.6 Å². The van der Waals surface area contributed by atoms with Crippen molar-refractivity contribution in [2.45, 2.75) is 69.9 Å². The Morgan fingerprint density at radius 3 is 2.76 bits per heavy atom. The molecule has 2 N–H and O–H groups in total. The molecule has 1 aromatic heterocycles. The van der Waals surface area contributed by atoms with Crippen molar-refractivity contribution in [1.29, 1.82) is 0 Å². The molecular weight excluding hydrogens is 332 g/mol. The van der Waals surface area contributed by atoms with E-state index in [4.69, 9.17) is 4.74 Å². The van der Waals surface area contributed by atoms with Crippen molar-refractivity contribution in [3.05, 3.63) is 21.4 Å². The van der Waals surface area contributed by atoms with Gasteiger partial charge in [0.1, 0.15) is 0 Å². The standard InChI is InChI=1S/C20H30N2O2S/c1-13-16(20(23)22-15-4-2-3-5-15)11-19(25-13)17-10-18(17)21-12-14-6-8-24-9-7-14/h11,14-15,17-18,21H,2-10,12H2,1H3,(H,22,23). The van der Waals surface area contributed by atoms with Crippen LogP contribution in [-0.2, 0) is 4.74 Å². The van der Waals surface area contributed by atoms with Gasteiger partial charge in [0.25, 0.3) is 5.91 Å². The third-order valence-corrected chi connectivity index (χ3v) is 7.22. The Balaban J connectivity index is 1.29. The number of carbonyl (C=O) groups is 1. The molecule has 138 valence electrons. The molecule has 4 rings (SSSR count). The zero-order valence-corrected chi connectivity index (χ0v) is 16.0. The molecule has 3 aliphatic rings. The number of nitrogens with one attached hydrogen (secondary N) is 2. The van der Waals surface area contributed by atoms with Gasteiger partial charge in [-0.25, -0.2) is 0 Å². The van der Waals surface area contributed by atoms with E-state index in [0.29, 0.717) is 18.0 Å². The minimum atomic E-state index is 0.138. The van der Waals surface area contributed by atoms with Crippen LogP contribution in [0.4, 0.5) is 0 Å². The SMILES string of the molecule is Cc1sc(C2CC2NCC2CCOCC2)cc1C(=O)NC1CCCC1. The van der Waals surface area contributed by atoms with Crippen LogP contribution in [0.2, 0.25) is 0 Å². The lowest BCUT2D eigenvalue weighted by Crippen LogP contribution is -2.32. The number of thiophene rings is 1. The van der Waals surface area contributed by atoms with E-state index in [0.717, 1.165) is 44.1 Å². The molecule has 1 aromatic rings. The Morgan fingerprint density at radius 2 is 2.00 bits per heavy atom. The number of hydrogen-bond acceptors (Lipinski definition) is 4. The fourth-order valence-electron chi connectivity index (χ4n) is 4.25. The number of aryl methyl sites for hydroxylation is 1. The van der Waals surface area contributed by atoms with Crippen molar-refractivity contribution in [2.75, 3.05) is 19.8 Å². The third kappa shape index (κ3) is 4.26. The Hall–Kier alpha value is -0.910. The lowest BCUT2D eigenvalue weighted by molar-refractivity contribution is 0.0662. The number of amides is 1. The number of hydrogen-bond donors (Lipinski definition) is 2. The highest BCUT2D eigenvalue weighted by Gasteiger charge is 2.40. The summed E-state index contributed by atoms with van der Waals surface area (Å²) in [6.45, 7) is 5.04. The summed E-state index contributed by atoms with van der Waals surface area (Å²) in [5, 5.41) is 6.97. The van der Waals surface area contributed by atoms with Crippen LogP contribution in [0, 0.1) is 12.8 Å². The molecule has 2 aliphatic carbocycles. The van der Waals surface area contributed by atoms with Crippen molar-refractivity contribution >= 4 is 17.2 Å². The maximum absolute atomic E-state index is 12.6. The molecule has 0 radical (unpaired) electrons. The second-order valence-electron chi connectivity index (χ2n) is 7.99. The summed E-state index contributed by atoms with van der Waals surface area (Å²) in [5.74, 6) is 1.52. The van der Waals surface area contributed by atoms with Crippen molar-refractivity contribution in [3.8, 4) is 0 Å². The first-order chi connectivity index (χ1) is 12.2. The Kier molecular flexibility index (Phi) is 5.44. The van der Waals surface area contributed by atoms with E-state index in [1.807, 2.05) is 11.3 Å². The van der Waals surface area contributed by atoms with E-state index in [1.54, 1.807) is 0 Å². The summed E-state index contributed by atoms with van der Waals surface area (Å²) < 4.78 is 5.43. The molecular formula is C20H30N2O2S. The average molecular weight is 363 g/mol. The molecule has 25 heavy (non-hydrogen) atoms. The molecule has 2 heterocycles. The number of carbonyl (C=O) groups excluding carboxylic acids is 1. The van der Waals surface area contributed by atoms with Crippen LogP contribution in [-0.4, -0.2) is 37.7 Å². The van der Waals surface area contributed by atoms with E-state index >= 15 is 0 Å². The fraction of sp³-hybridized carbons (Fsp3) is 0.750. The van der Waals surface area contributed by atoms with Gasteiger partial charge in [0.05, 0.1) is 5.56 Å². The smallest absolute Gasteiger partial charge is 0.252 e. The molecule has 0 spiro atoms. The average Bonchev–Trinajstić information content (AvgIpc) is 3.00. The molecule has 2 atom stereocenters. The summed E-state index contributed by atoms with van der Waals surface area (Å²) in [7, 11) is 0. The first-order valence-electron chi connectivity index (χ1n) is 9.93. The van der Waals surface area contributed by atoms with E-state index < -0.39 is 0 Å². The number of ether oxygens (including phenoxy) is 1. The normalized spacial score (nSPS) is 27.6. The van der Waals surface area contributed by atoms with Gasteiger partial charge in [-0.1, -0.05) is 12.8 Å². The summed E-state index contributed by atoms with van der Waals surface area (Å²) in [6, 6.07) is 3.15. The predicted molar refractivity (Wildman–Crippen MR) is 101 cm³/mol. The van der Waals surface area contributed by atoms with Crippen molar-refractivity contribution in [2.24, 2.45) is 5.92 Å². The molecule has 4 nitrogen and oxygen atoms in total. The van der Waals surface area contributed by atoms with E-state index in [-0.39, 0.29) is 5.91 Å². The maximum atomic E-state index is 12.6. The van der Waals surface area contributed by atoms with Gasteiger partial charge in [0, 0.05) is 41.0 Å². The molecule has 1 saturated heterocycles. The molecule has 3 fully saturated rings. The highest BCUT2D eigenvalue weighted by molar-refractivity contribution is 7.12. The van der Waals surface area contributed by atoms with Gasteiger partial charge in [-0.3, -0.25) is 4.79 Å². The minimum Gasteiger partial charge on any atom is -0.381 e. The molecule has 1 amide bonds. The van der Waals surface area contributed by atoms with E-state index in [9.17, 15) is 4.79 Å². The number of rotatable bonds is 6. The minimum absolute atomic E-state index is 0.138. The Bertz CT molecular complexity index is 603. The van der Waals surface area contributed by atoms with Crippen LogP contribution in [0.5, 0.6) is 0 Å². The molecule has 2 saturated carbocycles. The molecule has 5 heteroatoms. The molecule has 2 unspecified atom stereocenters. The predicted octanol–water partition coefficient (Wildman–Crippen LogP) is 3.60. The highest BCUT2D eigenvalue weighted by Crippen LogP contribution is 2.45. The van der Waals surface area contributed by atoms with Crippen LogP contribution >= 0.6 is 11.3 Å². The maximum Gasteiger partial charge on any atom is 0.252 e. The second kappa shape index (κ2) is 7.77. The summed E-state index contributed by atoms with van der Waals surface area (Å²) >= 11 is 1.82. The zero-order valence-electron chi connectivity index (χ0n) is 15.2. The first kappa shape index (κ1) is 17.5. The van der Waals surface area contributed by atoms with E-state index in [1.165, 1.54) is 41.9 Å². The van der Waals surface area contributed by atoms with Crippen LogP contribution in [0.15, 0.2) is 6.07 Å². The molecule has 1 aliphatic heterocycles. The Morgan fingerprint density at radius 1 is 1.24 bits per heavy atom. The largest absolute Gasteiger partial charge is 0.381 e. The van der Waals surface area contributed by atoms with Crippen LogP contribution in [0.3, 0.4) is 0 Å². The summed E-state index contributed by atoms with van der Waals surface area (Å²) in [6.07, 6.45) is 8.38. The second-order valence-corrected chi connectivity index (χ2v) is 9.27. The first-order valence-corrected chi connectivity index (χ1v) is 10.7. The molecule has 0 bridgehead atoms. The van der Waals surface area contributed by atoms with E-state index in [2.05, 4.69) is 23.6 Å². The topological polar surface area (TPSA) is 50.4 Å². The van der Waals surface area contributed by atoms with Crippen molar-refractivity contribution in [3.63, 3.8) is 0 Å². The van der Waals surface area contributed by atoms with Gasteiger partial charge in [-0.15, -0.1) is 11.3 Å². The zero-order chi connectivity index (χ0) is 17.2. The fourth-order valence-corrected chi connectivity index (χ4v) is 5.45. The quantitative estimate of drug-likeness (QED) is 0.813. The van der Waals surface area contributed by atoms with Crippen molar-refractivity contribution < 1.29 is 9.53 Å². The molecule has 0 aromatic carbocycles. The van der Waals surface area contributed by atoms with Crippen molar-refractivity contribution in [1.82, 2.24) is 10.6 Å². The summed E-state index contributed by atoms with van der Waals surface area (Å²) in [4.78, 5) is 15.1. The highest BCUT2D eigenvalue weighted by atomic mass is 32.1. The third-order valence-electron chi connectivity index (χ3n) is 6.04. The van der Waals surface area contributed by atoms with Crippen LogP contribution in [0.1, 0.15) is 71.0 Å². The van der Waals surface area contributed by atoms with Gasteiger partial charge >= 0.3 is 0 Å². The Labute approximate surface area is 154 Å². The van der Waals surface area contributed by atoms with Gasteiger partial charge in [0.2, 0.25) is 0 Å².